The molecule has 114 valence electrons. The molecule has 0 aliphatic heterocycles. The number of halogens is 4. The van der Waals surface area contributed by atoms with Gasteiger partial charge in [0, 0.05) is 6.07 Å². The Kier molecular flexibility index (Phi) is 5.75. The third-order valence-corrected chi connectivity index (χ3v) is 3.80. The van der Waals surface area contributed by atoms with E-state index in [1.54, 1.807) is 7.05 Å². The summed E-state index contributed by atoms with van der Waals surface area (Å²) >= 11 is 0. The summed E-state index contributed by atoms with van der Waals surface area (Å²) < 4.78 is 77.1. The average Bonchev–Trinajstić information content (AvgIpc) is 2.38. The van der Waals surface area contributed by atoms with Crippen molar-refractivity contribution in [3.8, 4) is 0 Å². The van der Waals surface area contributed by atoms with Crippen molar-refractivity contribution in [2.75, 3.05) is 24.1 Å². The fraction of sp³-hybridized carbons (Fsp3) is 0.455. The molecular weight excluding hydrogens is 300 g/mol. The predicted octanol–water partition coefficient (Wildman–Crippen LogP) is 1.98. The number of nitrogens with one attached hydrogen (secondary N) is 2. The first kappa shape index (κ1) is 16.7. The van der Waals surface area contributed by atoms with Crippen molar-refractivity contribution in [2.45, 2.75) is 12.8 Å². The highest BCUT2D eigenvalue weighted by Crippen LogP contribution is 2.25. The van der Waals surface area contributed by atoms with Crippen LogP contribution in [0.3, 0.4) is 0 Å². The molecular formula is C11H14F4N2O2S. The van der Waals surface area contributed by atoms with Crippen molar-refractivity contribution < 1.29 is 26.0 Å². The van der Waals surface area contributed by atoms with Crippen LogP contribution in [0.2, 0.25) is 0 Å². The Morgan fingerprint density at radius 1 is 1.05 bits per heavy atom. The fourth-order valence-corrected chi connectivity index (χ4v) is 2.64. The topological polar surface area (TPSA) is 58.2 Å². The van der Waals surface area contributed by atoms with Gasteiger partial charge in [0.2, 0.25) is 10.0 Å². The van der Waals surface area contributed by atoms with Crippen molar-refractivity contribution >= 4 is 15.7 Å². The van der Waals surface area contributed by atoms with E-state index in [1.807, 2.05) is 0 Å². The normalized spacial score (nSPS) is 11.7. The second-order valence-electron chi connectivity index (χ2n) is 4.07. The predicted molar refractivity (Wildman–Crippen MR) is 66.8 cm³/mol. The summed E-state index contributed by atoms with van der Waals surface area (Å²) in [6.07, 6.45) is 0.761. The lowest BCUT2D eigenvalue weighted by atomic mass is 10.3. The van der Waals surface area contributed by atoms with E-state index in [1.165, 1.54) is 4.72 Å². The molecule has 0 radical (unpaired) electrons. The molecule has 0 fully saturated rings. The number of sulfonamides is 1. The highest BCUT2D eigenvalue weighted by Gasteiger charge is 2.23. The van der Waals surface area contributed by atoms with Crippen LogP contribution < -0.4 is 10.0 Å². The molecule has 0 amide bonds. The molecule has 0 heterocycles. The van der Waals surface area contributed by atoms with E-state index in [2.05, 4.69) is 5.32 Å². The van der Waals surface area contributed by atoms with E-state index < -0.39 is 44.7 Å². The number of unbranched alkanes of at least 4 members (excludes halogenated alkanes) is 1. The fourth-order valence-electron chi connectivity index (χ4n) is 1.46. The summed E-state index contributed by atoms with van der Waals surface area (Å²) in [6, 6.07) is 0.00931. The van der Waals surface area contributed by atoms with E-state index in [0.717, 1.165) is 0 Å². The third-order valence-electron chi connectivity index (χ3n) is 2.46. The Morgan fingerprint density at radius 3 is 2.10 bits per heavy atom. The van der Waals surface area contributed by atoms with Gasteiger partial charge in [-0.3, -0.25) is 4.72 Å². The Hall–Kier alpha value is -1.35. The molecule has 0 unspecified atom stereocenters. The van der Waals surface area contributed by atoms with Crippen LogP contribution in [0.5, 0.6) is 0 Å². The van der Waals surface area contributed by atoms with E-state index in [9.17, 15) is 26.0 Å². The van der Waals surface area contributed by atoms with Gasteiger partial charge >= 0.3 is 0 Å². The van der Waals surface area contributed by atoms with Crippen LogP contribution in [0.15, 0.2) is 6.07 Å². The van der Waals surface area contributed by atoms with Gasteiger partial charge in [-0.1, -0.05) is 0 Å². The van der Waals surface area contributed by atoms with Crippen LogP contribution in [0.1, 0.15) is 12.8 Å². The maximum atomic E-state index is 13.3. The summed E-state index contributed by atoms with van der Waals surface area (Å²) in [5, 5.41) is 2.80. The van der Waals surface area contributed by atoms with E-state index in [-0.39, 0.29) is 12.5 Å². The zero-order valence-corrected chi connectivity index (χ0v) is 11.5. The number of anilines is 1. The number of rotatable bonds is 7. The Morgan fingerprint density at radius 2 is 1.60 bits per heavy atom. The maximum Gasteiger partial charge on any atom is 0.232 e. The van der Waals surface area contributed by atoms with Crippen LogP contribution in [-0.2, 0) is 10.0 Å². The summed E-state index contributed by atoms with van der Waals surface area (Å²) in [6.45, 7) is 0.576. The zero-order valence-electron chi connectivity index (χ0n) is 10.6. The van der Waals surface area contributed by atoms with E-state index >= 15 is 0 Å². The van der Waals surface area contributed by atoms with Gasteiger partial charge in [-0.25, -0.2) is 26.0 Å². The quantitative estimate of drug-likeness (QED) is 0.460. The van der Waals surface area contributed by atoms with Gasteiger partial charge in [-0.2, -0.15) is 0 Å². The molecule has 0 saturated carbocycles. The lowest BCUT2D eigenvalue weighted by molar-refractivity contribution is 0.459. The smallest absolute Gasteiger partial charge is 0.232 e. The van der Waals surface area contributed by atoms with Gasteiger partial charge in [-0.05, 0) is 26.4 Å². The Balaban J connectivity index is 2.87. The summed E-state index contributed by atoms with van der Waals surface area (Å²) in [7, 11) is -2.40. The van der Waals surface area contributed by atoms with Crippen LogP contribution in [-0.4, -0.2) is 27.8 Å². The zero-order chi connectivity index (χ0) is 15.3. The van der Waals surface area contributed by atoms with Crippen molar-refractivity contribution in [3.63, 3.8) is 0 Å². The first-order chi connectivity index (χ1) is 9.28. The summed E-state index contributed by atoms with van der Waals surface area (Å²) in [4.78, 5) is 0. The summed E-state index contributed by atoms with van der Waals surface area (Å²) in [5.74, 6) is -7.30. The minimum atomic E-state index is -4.08. The van der Waals surface area contributed by atoms with E-state index in [4.69, 9.17) is 0 Å². The van der Waals surface area contributed by atoms with Crippen LogP contribution in [0, 0.1) is 23.3 Å². The lowest BCUT2D eigenvalue weighted by Crippen LogP contribution is -2.20. The molecule has 0 aliphatic carbocycles. The van der Waals surface area contributed by atoms with Crippen molar-refractivity contribution in [1.29, 1.82) is 0 Å². The molecule has 9 heteroatoms. The first-order valence-corrected chi connectivity index (χ1v) is 7.42. The molecule has 1 aromatic rings. The second kappa shape index (κ2) is 6.89. The summed E-state index contributed by atoms with van der Waals surface area (Å²) in [5.41, 5.74) is -1.34. The first-order valence-electron chi connectivity index (χ1n) is 5.76. The molecule has 0 saturated heterocycles. The minimum absolute atomic E-state index is 0.00931. The molecule has 1 aromatic carbocycles. The number of benzene rings is 1. The number of hydrogen-bond acceptors (Lipinski definition) is 3. The standard InChI is InChI=1S/C11H14F4N2O2S/c1-16-4-2-3-5-20(18,19)17-11-9(14)7(12)6-8(13)10(11)15/h6,16-17H,2-5H2,1H3. The second-order valence-corrected chi connectivity index (χ2v) is 5.92. The Bertz CT molecular complexity index is 552. The molecule has 4 nitrogen and oxygen atoms in total. The highest BCUT2D eigenvalue weighted by atomic mass is 32.2. The van der Waals surface area contributed by atoms with Gasteiger partial charge in [0.25, 0.3) is 0 Å². The lowest BCUT2D eigenvalue weighted by Gasteiger charge is -2.10. The number of hydrogen-bond donors (Lipinski definition) is 2. The molecule has 0 spiro atoms. The largest absolute Gasteiger partial charge is 0.320 e. The molecule has 2 N–H and O–H groups in total. The van der Waals surface area contributed by atoms with Crippen molar-refractivity contribution in [2.24, 2.45) is 0 Å². The molecule has 20 heavy (non-hydrogen) atoms. The SMILES string of the molecule is CNCCCCS(=O)(=O)Nc1c(F)c(F)cc(F)c1F. The molecule has 0 aliphatic rings. The maximum absolute atomic E-state index is 13.3. The third kappa shape index (κ3) is 4.34. The van der Waals surface area contributed by atoms with Gasteiger partial charge in [0.1, 0.15) is 5.69 Å². The van der Waals surface area contributed by atoms with Gasteiger partial charge < -0.3 is 5.32 Å². The van der Waals surface area contributed by atoms with Crippen LogP contribution in [0.4, 0.5) is 23.2 Å². The monoisotopic (exact) mass is 314 g/mol. The van der Waals surface area contributed by atoms with Gasteiger partial charge in [0.15, 0.2) is 23.3 Å². The highest BCUT2D eigenvalue weighted by molar-refractivity contribution is 7.92. The van der Waals surface area contributed by atoms with Gasteiger partial charge in [-0.15, -0.1) is 0 Å². The van der Waals surface area contributed by atoms with Crippen LogP contribution >= 0.6 is 0 Å². The van der Waals surface area contributed by atoms with Crippen LogP contribution in [0.25, 0.3) is 0 Å². The van der Waals surface area contributed by atoms with Crippen molar-refractivity contribution in [1.82, 2.24) is 5.32 Å². The van der Waals surface area contributed by atoms with Crippen molar-refractivity contribution in [3.05, 3.63) is 29.3 Å². The molecule has 0 aromatic heterocycles. The van der Waals surface area contributed by atoms with E-state index in [0.29, 0.717) is 13.0 Å². The molecule has 1 rings (SSSR count). The van der Waals surface area contributed by atoms with Gasteiger partial charge in [0.05, 0.1) is 5.75 Å². The molecule has 0 atom stereocenters. The Labute approximate surface area is 114 Å². The minimum Gasteiger partial charge on any atom is -0.320 e. The molecule has 0 bridgehead atoms. The average molecular weight is 314 g/mol.